The van der Waals surface area contributed by atoms with Gasteiger partial charge in [0.15, 0.2) is 5.69 Å². The highest BCUT2D eigenvalue weighted by molar-refractivity contribution is 7.89. The molecule has 2 rings (SSSR count). The largest absolute Gasteiger partial charge is 0.244 e. The molecule has 0 saturated heterocycles. The van der Waals surface area contributed by atoms with Crippen LogP contribution in [0.5, 0.6) is 0 Å². The van der Waals surface area contributed by atoms with Gasteiger partial charge in [-0.1, -0.05) is 0 Å². The number of nitrogens with one attached hydrogen (secondary N) is 1. The maximum absolute atomic E-state index is 11.8. The summed E-state index contributed by atoms with van der Waals surface area (Å²) in [5, 5.41) is 8.77. The minimum atomic E-state index is -3.59. The normalized spacial score (nSPS) is 15.7. The third-order valence-electron chi connectivity index (χ3n) is 2.43. The van der Waals surface area contributed by atoms with Gasteiger partial charge in [-0.05, 0) is 30.9 Å². The molecule has 16 heavy (non-hydrogen) atoms. The highest BCUT2D eigenvalue weighted by atomic mass is 32.2. The predicted molar refractivity (Wildman–Crippen MR) is 56.9 cm³/mol. The van der Waals surface area contributed by atoms with Crippen molar-refractivity contribution in [2.45, 2.75) is 17.7 Å². The average Bonchev–Trinajstić information content (AvgIpc) is 3.10. The summed E-state index contributed by atoms with van der Waals surface area (Å²) in [5.74, 6) is 0.456. The van der Waals surface area contributed by atoms with Crippen molar-refractivity contribution < 1.29 is 8.42 Å². The number of hydrogen-bond acceptors (Lipinski definition) is 4. The quantitative estimate of drug-likeness (QED) is 0.833. The van der Waals surface area contributed by atoms with Gasteiger partial charge in [-0.15, -0.1) is 0 Å². The molecule has 0 bridgehead atoms. The number of sulfonamides is 1. The molecule has 1 saturated carbocycles. The molecule has 0 spiro atoms. The maximum Gasteiger partial charge on any atom is 0.243 e. The molecule has 0 radical (unpaired) electrons. The molecule has 1 aromatic rings. The molecule has 0 aromatic carbocycles. The van der Waals surface area contributed by atoms with E-state index >= 15 is 0 Å². The summed E-state index contributed by atoms with van der Waals surface area (Å²) in [6.07, 6.45) is 3.54. The molecular formula is C10H11N3O2S. The number of pyridine rings is 1. The van der Waals surface area contributed by atoms with Crippen LogP contribution >= 0.6 is 0 Å². The second-order valence-corrected chi connectivity index (χ2v) is 5.49. The van der Waals surface area contributed by atoms with E-state index < -0.39 is 10.0 Å². The van der Waals surface area contributed by atoms with Gasteiger partial charge in [0.05, 0.1) is 0 Å². The highest BCUT2D eigenvalue weighted by Crippen LogP contribution is 2.28. The number of nitriles is 1. The Bertz CT molecular complexity index is 529. The van der Waals surface area contributed by atoms with Crippen LogP contribution in [0.2, 0.25) is 0 Å². The predicted octanol–water partition coefficient (Wildman–Crippen LogP) is 0.642. The van der Waals surface area contributed by atoms with Gasteiger partial charge in [0.2, 0.25) is 10.0 Å². The third-order valence-corrected chi connectivity index (χ3v) is 3.88. The van der Waals surface area contributed by atoms with Crippen LogP contribution in [0.4, 0.5) is 0 Å². The zero-order valence-corrected chi connectivity index (χ0v) is 9.37. The van der Waals surface area contributed by atoms with Gasteiger partial charge in [-0.3, -0.25) is 0 Å². The standard InChI is InChI=1S/C10H11N3O2S/c11-6-9-10(2-1-5-12-9)16(14,15)13-7-8-3-4-8/h1-2,5,8,13H,3-4,7H2. The second-order valence-electron chi connectivity index (χ2n) is 3.76. The van der Waals surface area contributed by atoms with Crippen molar-refractivity contribution in [3.8, 4) is 6.07 Å². The summed E-state index contributed by atoms with van der Waals surface area (Å²) in [4.78, 5) is 3.68. The van der Waals surface area contributed by atoms with Crippen molar-refractivity contribution in [2.24, 2.45) is 5.92 Å². The van der Waals surface area contributed by atoms with Crippen LogP contribution in [-0.2, 0) is 10.0 Å². The van der Waals surface area contributed by atoms with E-state index in [-0.39, 0.29) is 10.6 Å². The molecule has 0 amide bonds. The van der Waals surface area contributed by atoms with Crippen LogP contribution in [0.1, 0.15) is 18.5 Å². The smallest absolute Gasteiger partial charge is 0.243 e. The average molecular weight is 237 g/mol. The molecule has 1 fully saturated rings. The summed E-state index contributed by atoms with van der Waals surface area (Å²) in [6.45, 7) is 0.447. The fourth-order valence-electron chi connectivity index (χ4n) is 1.32. The van der Waals surface area contributed by atoms with Gasteiger partial charge in [0, 0.05) is 12.7 Å². The molecule has 0 atom stereocenters. The Morgan fingerprint density at radius 1 is 1.56 bits per heavy atom. The molecule has 1 aromatic heterocycles. The van der Waals surface area contributed by atoms with Crippen LogP contribution in [-0.4, -0.2) is 19.9 Å². The lowest BCUT2D eigenvalue weighted by molar-refractivity contribution is 0.576. The van der Waals surface area contributed by atoms with Gasteiger partial charge in [0.25, 0.3) is 0 Å². The first-order chi connectivity index (χ1) is 7.63. The third kappa shape index (κ3) is 2.38. The molecule has 6 heteroatoms. The lowest BCUT2D eigenvalue weighted by atomic mass is 10.4. The Labute approximate surface area is 94.2 Å². The van der Waals surface area contributed by atoms with Gasteiger partial charge < -0.3 is 0 Å². The monoisotopic (exact) mass is 237 g/mol. The van der Waals surface area contributed by atoms with Crippen molar-refractivity contribution in [3.63, 3.8) is 0 Å². The zero-order valence-electron chi connectivity index (χ0n) is 8.55. The number of hydrogen-bond donors (Lipinski definition) is 1. The number of nitrogens with zero attached hydrogens (tertiary/aromatic N) is 2. The maximum atomic E-state index is 11.8. The Hall–Kier alpha value is -1.45. The Morgan fingerprint density at radius 2 is 2.31 bits per heavy atom. The summed E-state index contributed by atoms with van der Waals surface area (Å²) in [5.41, 5.74) is -0.0641. The van der Waals surface area contributed by atoms with E-state index in [9.17, 15) is 8.42 Å². The van der Waals surface area contributed by atoms with Gasteiger partial charge in [0.1, 0.15) is 11.0 Å². The van der Waals surface area contributed by atoms with E-state index in [0.717, 1.165) is 12.8 Å². The van der Waals surface area contributed by atoms with Crippen LogP contribution in [0.3, 0.4) is 0 Å². The van der Waals surface area contributed by atoms with Crippen LogP contribution in [0, 0.1) is 17.2 Å². The van der Waals surface area contributed by atoms with Crippen molar-refractivity contribution in [1.29, 1.82) is 5.26 Å². The molecular weight excluding hydrogens is 226 g/mol. The van der Waals surface area contributed by atoms with Crippen LogP contribution < -0.4 is 4.72 Å². The topological polar surface area (TPSA) is 82.8 Å². The van der Waals surface area contributed by atoms with E-state index in [4.69, 9.17) is 5.26 Å². The first-order valence-corrected chi connectivity index (χ1v) is 6.46. The van der Waals surface area contributed by atoms with Crippen molar-refractivity contribution in [3.05, 3.63) is 24.0 Å². The Kier molecular flexibility index (Phi) is 2.90. The first kappa shape index (κ1) is 11.0. The van der Waals surface area contributed by atoms with Gasteiger partial charge in [-0.25, -0.2) is 18.1 Å². The fourth-order valence-corrected chi connectivity index (χ4v) is 2.54. The van der Waals surface area contributed by atoms with Crippen LogP contribution in [0.25, 0.3) is 0 Å². The minimum Gasteiger partial charge on any atom is -0.244 e. The van der Waals surface area contributed by atoms with E-state index in [1.165, 1.54) is 18.3 Å². The Balaban J connectivity index is 2.24. The Morgan fingerprint density at radius 3 is 2.94 bits per heavy atom. The van der Waals surface area contributed by atoms with Crippen molar-refractivity contribution in [1.82, 2.24) is 9.71 Å². The molecule has 1 N–H and O–H groups in total. The van der Waals surface area contributed by atoms with E-state index in [0.29, 0.717) is 12.5 Å². The summed E-state index contributed by atoms with van der Waals surface area (Å²) in [6, 6.07) is 4.67. The van der Waals surface area contributed by atoms with E-state index in [1.807, 2.05) is 0 Å². The molecule has 1 aliphatic carbocycles. The molecule has 0 unspecified atom stereocenters. The summed E-state index contributed by atoms with van der Waals surface area (Å²) >= 11 is 0. The molecule has 5 nitrogen and oxygen atoms in total. The molecule has 84 valence electrons. The second kappa shape index (κ2) is 4.20. The van der Waals surface area contributed by atoms with Crippen molar-refractivity contribution >= 4 is 10.0 Å². The lowest BCUT2D eigenvalue weighted by Gasteiger charge is -2.06. The number of aromatic nitrogens is 1. The summed E-state index contributed by atoms with van der Waals surface area (Å²) < 4.78 is 26.2. The van der Waals surface area contributed by atoms with Gasteiger partial charge >= 0.3 is 0 Å². The molecule has 1 aliphatic rings. The van der Waals surface area contributed by atoms with Gasteiger partial charge in [-0.2, -0.15) is 5.26 Å². The fraction of sp³-hybridized carbons (Fsp3) is 0.400. The zero-order chi connectivity index (χ0) is 11.6. The molecule has 1 heterocycles. The van der Waals surface area contributed by atoms with E-state index in [2.05, 4.69) is 9.71 Å². The summed E-state index contributed by atoms with van der Waals surface area (Å²) in [7, 11) is -3.59. The first-order valence-electron chi connectivity index (χ1n) is 4.98. The van der Waals surface area contributed by atoms with Crippen molar-refractivity contribution in [2.75, 3.05) is 6.54 Å². The van der Waals surface area contributed by atoms with E-state index in [1.54, 1.807) is 6.07 Å². The number of rotatable bonds is 4. The lowest BCUT2D eigenvalue weighted by Crippen LogP contribution is -2.26. The highest BCUT2D eigenvalue weighted by Gasteiger charge is 2.25. The minimum absolute atomic E-state index is 0.0434. The SMILES string of the molecule is N#Cc1ncccc1S(=O)(=O)NCC1CC1. The molecule has 0 aliphatic heterocycles. The van der Waals surface area contributed by atoms with Crippen LogP contribution in [0.15, 0.2) is 23.2 Å².